The molecule has 5 heteroatoms. The molecule has 0 aliphatic carbocycles. The van der Waals surface area contributed by atoms with E-state index in [9.17, 15) is 8.42 Å². The Bertz CT molecular complexity index is 500. The molecule has 0 fully saturated rings. The van der Waals surface area contributed by atoms with Gasteiger partial charge in [0, 0.05) is 18.1 Å². The Balaban J connectivity index is 2.88. The summed E-state index contributed by atoms with van der Waals surface area (Å²) in [7, 11) is -1.70. The lowest BCUT2D eigenvalue weighted by Crippen LogP contribution is -2.28. The molecule has 0 saturated carbocycles. The highest BCUT2D eigenvalue weighted by Gasteiger charge is 2.20. The van der Waals surface area contributed by atoms with Crippen molar-refractivity contribution in [1.82, 2.24) is 4.31 Å². The number of hydrogen-bond acceptors (Lipinski definition) is 2. The summed E-state index contributed by atoms with van der Waals surface area (Å²) in [5.74, 6) is 0. The van der Waals surface area contributed by atoms with Gasteiger partial charge >= 0.3 is 0 Å². The van der Waals surface area contributed by atoms with Crippen LogP contribution in [0.4, 0.5) is 0 Å². The summed E-state index contributed by atoms with van der Waals surface area (Å²) in [6, 6.07) is 5.13. The van der Waals surface area contributed by atoms with E-state index in [2.05, 4.69) is 22.9 Å². The summed E-state index contributed by atoms with van der Waals surface area (Å²) in [5.41, 5.74) is 0.929. The van der Waals surface area contributed by atoms with Crippen molar-refractivity contribution in [2.75, 3.05) is 13.6 Å². The number of sulfonamides is 1. The first-order valence-corrected chi connectivity index (χ1v) is 8.35. The predicted molar refractivity (Wildman–Crippen MR) is 78.2 cm³/mol. The van der Waals surface area contributed by atoms with Gasteiger partial charge in [-0.2, -0.15) is 0 Å². The maximum absolute atomic E-state index is 12.3. The molecule has 18 heavy (non-hydrogen) atoms. The van der Waals surface area contributed by atoms with E-state index in [0.717, 1.165) is 29.3 Å². The van der Waals surface area contributed by atoms with Crippen LogP contribution in [-0.4, -0.2) is 26.3 Å². The van der Waals surface area contributed by atoms with Gasteiger partial charge in [-0.1, -0.05) is 35.7 Å². The van der Waals surface area contributed by atoms with Gasteiger partial charge < -0.3 is 0 Å². The topological polar surface area (TPSA) is 37.4 Å². The van der Waals surface area contributed by atoms with Crippen molar-refractivity contribution in [3.63, 3.8) is 0 Å². The lowest BCUT2D eigenvalue weighted by atomic mass is 10.2. The maximum atomic E-state index is 12.3. The van der Waals surface area contributed by atoms with Crippen LogP contribution in [0.3, 0.4) is 0 Å². The van der Waals surface area contributed by atoms with Gasteiger partial charge in [0.25, 0.3) is 0 Å². The molecule has 0 saturated heterocycles. The zero-order valence-electron chi connectivity index (χ0n) is 11.1. The molecule has 0 amide bonds. The normalized spacial score (nSPS) is 12.1. The molecule has 102 valence electrons. The van der Waals surface area contributed by atoms with Crippen LogP contribution in [0.1, 0.15) is 31.7 Å². The van der Waals surface area contributed by atoms with Crippen molar-refractivity contribution >= 4 is 26.0 Å². The predicted octanol–water partition coefficient (Wildman–Crippen LogP) is 3.57. The Morgan fingerprint density at radius 3 is 2.50 bits per heavy atom. The molecule has 0 N–H and O–H groups in total. The van der Waals surface area contributed by atoms with Gasteiger partial charge in [0.1, 0.15) is 0 Å². The molecule has 0 radical (unpaired) electrons. The molecule has 0 heterocycles. The lowest BCUT2D eigenvalue weighted by Gasteiger charge is -2.17. The summed E-state index contributed by atoms with van der Waals surface area (Å²) in [6.45, 7) is 4.57. The second kappa shape index (κ2) is 6.68. The second-order valence-corrected chi connectivity index (χ2v) is 7.34. The molecule has 1 rings (SSSR count). The number of halogens is 1. The smallest absolute Gasteiger partial charge is 0.207 e. The SMILES string of the molecule is CCCCCN(C)S(=O)(=O)c1ccc(Br)c(C)c1. The molecule has 1 aromatic rings. The summed E-state index contributed by atoms with van der Waals surface area (Å²) in [4.78, 5) is 0.363. The average Bonchev–Trinajstić information content (AvgIpc) is 2.32. The van der Waals surface area contributed by atoms with Crippen molar-refractivity contribution in [1.29, 1.82) is 0 Å². The number of unbranched alkanes of at least 4 members (excludes halogenated alkanes) is 2. The van der Waals surface area contributed by atoms with Gasteiger partial charge in [-0.3, -0.25) is 0 Å². The quantitative estimate of drug-likeness (QED) is 0.746. The molecular formula is C13H20BrNO2S. The number of nitrogens with zero attached hydrogens (tertiary/aromatic N) is 1. The molecular weight excluding hydrogens is 314 g/mol. The van der Waals surface area contributed by atoms with Crippen molar-refractivity contribution in [3.8, 4) is 0 Å². The Hall–Kier alpha value is -0.390. The minimum atomic E-state index is -3.35. The molecule has 0 unspecified atom stereocenters. The fourth-order valence-electron chi connectivity index (χ4n) is 1.66. The summed E-state index contributed by atoms with van der Waals surface area (Å²) in [5, 5.41) is 0. The molecule has 0 aliphatic rings. The van der Waals surface area contributed by atoms with Crippen LogP contribution in [0.2, 0.25) is 0 Å². The van der Waals surface area contributed by atoms with Crippen LogP contribution in [0.5, 0.6) is 0 Å². The van der Waals surface area contributed by atoms with E-state index in [0.29, 0.717) is 11.4 Å². The van der Waals surface area contributed by atoms with Crippen molar-refractivity contribution < 1.29 is 8.42 Å². The van der Waals surface area contributed by atoms with Gasteiger partial charge in [-0.05, 0) is 37.1 Å². The highest BCUT2D eigenvalue weighted by molar-refractivity contribution is 9.10. The minimum Gasteiger partial charge on any atom is -0.207 e. The second-order valence-electron chi connectivity index (χ2n) is 4.44. The van der Waals surface area contributed by atoms with E-state index in [1.165, 1.54) is 4.31 Å². The summed E-state index contributed by atoms with van der Waals surface area (Å²) >= 11 is 3.38. The number of rotatable bonds is 6. The van der Waals surface area contributed by atoms with Crippen LogP contribution in [0, 0.1) is 6.92 Å². The zero-order chi connectivity index (χ0) is 13.8. The Morgan fingerprint density at radius 1 is 1.28 bits per heavy atom. The third kappa shape index (κ3) is 3.80. The van der Waals surface area contributed by atoms with E-state index in [1.807, 2.05) is 6.92 Å². The van der Waals surface area contributed by atoms with Crippen LogP contribution in [0.15, 0.2) is 27.6 Å². The van der Waals surface area contributed by atoms with Crippen LogP contribution in [0.25, 0.3) is 0 Å². The largest absolute Gasteiger partial charge is 0.242 e. The summed E-state index contributed by atoms with van der Waals surface area (Å²) < 4.78 is 27.0. The molecule has 0 atom stereocenters. The molecule has 1 aromatic carbocycles. The minimum absolute atomic E-state index is 0.363. The van der Waals surface area contributed by atoms with Gasteiger partial charge in [0.15, 0.2) is 0 Å². The summed E-state index contributed by atoms with van der Waals surface area (Å²) in [6.07, 6.45) is 3.05. The van der Waals surface area contributed by atoms with Gasteiger partial charge in [0.05, 0.1) is 4.90 Å². The fourth-order valence-corrected chi connectivity index (χ4v) is 3.20. The monoisotopic (exact) mass is 333 g/mol. The fraction of sp³-hybridized carbons (Fsp3) is 0.538. The molecule has 3 nitrogen and oxygen atoms in total. The Labute approximate surface area is 118 Å². The molecule has 0 aromatic heterocycles. The average molecular weight is 334 g/mol. The van der Waals surface area contributed by atoms with Crippen molar-refractivity contribution in [2.24, 2.45) is 0 Å². The van der Waals surface area contributed by atoms with Crippen LogP contribution >= 0.6 is 15.9 Å². The van der Waals surface area contributed by atoms with E-state index in [4.69, 9.17) is 0 Å². The lowest BCUT2D eigenvalue weighted by molar-refractivity contribution is 0.454. The highest BCUT2D eigenvalue weighted by atomic mass is 79.9. The molecule has 0 spiro atoms. The third-order valence-corrected chi connectivity index (χ3v) is 5.66. The van der Waals surface area contributed by atoms with Gasteiger partial charge in [-0.15, -0.1) is 0 Å². The van der Waals surface area contributed by atoms with Crippen molar-refractivity contribution in [2.45, 2.75) is 38.0 Å². The first-order valence-electron chi connectivity index (χ1n) is 6.12. The first kappa shape index (κ1) is 15.7. The van der Waals surface area contributed by atoms with Crippen LogP contribution < -0.4 is 0 Å². The van der Waals surface area contributed by atoms with E-state index in [-0.39, 0.29) is 0 Å². The number of hydrogen-bond donors (Lipinski definition) is 0. The standard InChI is InChI=1S/C13H20BrNO2S/c1-4-5-6-9-15(3)18(16,17)12-7-8-13(14)11(2)10-12/h7-8,10H,4-6,9H2,1-3H3. The number of aryl methyl sites for hydroxylation is 1. The van der Waals surface area contributed by atoms with E-state index in [1.54, 1.807) is 25.2 Å². The van der Waals surface area contributed by atoms with E-state index >= 15 is 0 Å². The highest BCUT2D eigenvalue weighted by Crippen LogP contribution is 2.22. The molecule has 0 aliphatic heterocycles. The van der Waals surface area contributed by atoms with Crippen LogP contribution in [-0.2, 0) is 10.0 Å². The zero-order valence-corrected chi connectivity index (χ0v) is 13.5. The number of benzene rings is 1. The third-order valence-electron chi connectivity index (χ3n) is 2.91. The van der Waals surface area contributed by atoms with Gasteiger partial charge in [-0.25, -0.2) is 12.7 Å². The van der Waals surface area contributed by atoms with E-state index < -0.39 is 10.0 Å². The Morgan fingerprint density at radius 2 is 1.94 bits per heavy atom. The molecule has 0 bridgehead atoms. The van der Waals surface area contributed by atoms with Gasteiger partial charge in [0.2, 0.25) is 10.0 Å². The maximum Gasteiger partial charge on any atom is 0.242 e. The first-order chi connectivity index (χ1) is 8.39. The Kier molecular flexibility index (Phi) is 5.82. The van der Waals surface area contributed by atoms with Crippen molar-refractivity contribution in [3.05, 3.63) is 28.2 Å².